The Hall–Kier alpha value is -3.33. The molecule has 4 rings (SSSR count). The number of H-pyrrole nitrogens is 1. The van der Waals surface area contributed by atoms with Crippen molar-refractivity contribution in [3.8, 4) is 16.9 Å². The van der Waals surface area contributed by atoms with Crippen LogP contribution < -0.4 is 25.7 Å². The Bertz CT molecular complexity index is 1400. The summed E-state index contributed by atoms with van der Waals surface area (Å²) in [7, 11) is 2.03. The van der Waals surface area contributed by atoms with E-state index in [0.29, 0.717) is 34.7 Å². The maximum atomic E-state index is 13.7. The highest BCUT2D eigenvalue weighted by Crippen LogP contribution is 2.35. The first-order valence-electron chi connectivity index (χ1n) is 14.3. The molecule has 1 fully saturated rings. The summed E-state index contributed by atoms with van der Waals surface area (Å²) in [5.74, 6) is 0.407. The van der Waals surface area contributed by atoms with Gasteiger partial charge in [0, 0.05) is 48.2 Å². The first-order chi connectivity index (χ1) is 19.7. The number of benzene rings is 2. The Balaban J connectivity index is 1.70. The molecule has 0 spiro atoms. The van der Waals surface area contributed by atoms with Gasteiger partial charge in [0.25, 0.3) is 5.91 Å². The van der Waals surface area contributed by atoms with E-state index >= 15 is 0 Å². The van der Waals surface area contributed by atoms with Gasteiger partial charge in [-0.2, -0.15) is 0 Å². The van der Waals surface area contributed by atoms with Crippen LogP contribution in [0.1, 0.15) is 59.8 Å². The average molecular weight is 581 g/mol. The molecule has 1 amide bonds. The highest BCUT2D eigenvalue weighted by Gasteiger charge is 2.27. The molecule has 9 heteroatoms. The molecule has 2 aromatic carbocycles. The molecular formula is C32H41ClN4O4. The number of carbonyl (C=O) groups is 1. The second-order valence-corrected chi connectivity index (χ2v) is 11.0. The van der Waals surface area contributed by atoms with E-state index < -0.39 is 0 Å². The fourth-order valence-corrected chi connectivity index (χ4v) is 6.02. The summed E-state index contributed by atoms with van der Waals surface area (Å²) in [4.78, 5) is 31.6. The zero-order chi connectivity index (χ0) is 29.5. The first-order valence-corrected chi connectivity index (χ1v) is 14.7. The molecule has 1 aliphatic rings. The molecule has 0 radical (unpaired) electrons. The van der Waals surface area contributed by atoms with Crippen LogP contribution in [0, 0.1) is 13.8 Å². The minimum atomic E-state index is -0.264. The van der Waals surface area contributed by atoms with E-state index in [1.54, 1.807) is 6.92 Å². The summed E-state index contributed by atoms with van der Waals surface area (Å²) in [6.07, 6.45) is 4.39. The lowest BCUT2D eigenvalue weighted by atomic mass is 9.89. The van der Waals surface area contributed by atoms with E-state index in [9.17, 15) is 9.59 Å². The number of aryl methyl sites for hydroxylation is 1. The number of hydrogen-bond acceptors (Lipinski definition) is 6. The van der Waals surface area contributed by atoms with Gasteiger partial charge in [0.05, 0.1) is 12.2 Å². The zero-order valence-electron chi connectivity index (χ0n) is 24.4. The van der Waals surface area contributed by atoms with Gasteiger partial charge in [-0.1, -0.05) is 23.7 Å². The van der Waals surface area contributed by atoms with Crippen LogP contribution in [-0.2, 0) is 6.54 Å². The number of aliphatic hydroxyl groups excluding tert-OH is 1. The fraction of sp³-hybridized carbons (Fsp3) is 0.438. The lowest BCUT2D eigenvalue weighted by Gasteiger charge is -2.39. The number of aromatic amines is 1. The molecule has 4 N–H and O–H groups in total. The van der Waals surface area contributed by atoms with Gasteiger partial charge in [-0.25, -0.2) is 0 Å². The monoisotopic (exact) mass is 580 g/mol. The van der Waals surface area contributed by atoms with Crippen LogP contribution in [0.4, 0.5) is 5.69 Å². The molecule has 220 valence electrons. The predicted molar refractivity (Wildman–Crippen MR) is 165 cm³/mol. The van der Waals surface area contributed by atoms with Gasteiger partial charge in [0.15, 0.2) is 5.43 Å². The minimum absolute atomic E-state index is 0.0225. The summed E-state index contributed by atoms with van der Waals surface area (Å²) in [6.45, 7) is 6.94. The second-order valence-electron chi connectivity index (χ2n) is 10.6. The number of ether oxygens (including phenoxy) is 1. The smallest absolute Gasteiger partial charge is 0.251 e. The predicted octanol–water partition coefficient (Wildman–Crippen LogP) is 4.97. The third-order valence-corrected chi connectivity index (χ3v) is 8.33. The van der Waals surface area contributed by atoms with Crippen LogP contribution >= 0.6 is 11.6 Å². The van der Waals surface area contributed by atoms with Crippen LogP contribution in [-0.4, -0.2) is 54.9 Å². The zero-order valence-corrected chi connectivity index (χ0v) is 25.1. The molecule has 0 saturated heterocycles. The second kappa shape index (κ2) is 14.0. The van der Waals surface area contributed by atoms with Crippen molar-refractivity contribution in [2.75, 3.05) is 31.7 Å². The van der Waals surface area contributed by atoms with Gasteiger partial charge in [0.1, 0.15) is 17.5 Å². The summed E-state index contributed by atoms with van der Waals surface area (Å²) in [5, 5.41) is 15.7. The molecule has 1 saturated carbocycles. The number of carbonyl (C=O) groups excluding carboxylic acids is 1. The Morgan fingerprint density at radius 2 is 1.80 bits per heavy atom. The number of hydrogen-bond donors (Lipinski definition) is 4. The number of anilines is 1. The van der Waals surface area contributed by atoms with E-state index in [-0.39, 0.29) is 36.2 Å². The third kappa shape index (κ3) is 7.31. The highest BCUT2D eigenvalue weighted by atomic mass is 35.5. The van der Waals surface area contributed by atoms with Crippen molar-refractivity contribution >= 4 is 23.2 Å². The molecule has 1 aromatic heterocycles. The van der Waals surface area contributed by atoms with E-state index in [0.717, 1.165) is 54.6 Å². The normalized spacial score (nSPS) is 16.8. The number of halogens is 1. The highest BCUT2D eigenvalue weighted by molar-refractivity contribution is 6.30. The van der Waals surface area contributed by atoms with Crippen molar-refractivity contribution in [3.63, 3.8) is 0 Å². The number of nitrogens with one attached hydrogen (secondary N) is 3. The van der Waals surface area contributed by atoms with Crippen LogP contribution in [0.5, 0.6) is 5.75 Å². The van der Waals surface area contributed by atoms with Crippen molar-refractivity contribution in [3.05, 3.63) is 80.2 Å². The summed E-state index contributed by atoms with van der Waals surface area (Å²) in [5.41, 5.74) is 5.14. The van der Waals surface area contributed by atoms with Crippen LogP contribution in [0.3, 0.4) is 0 Å². The van der Waals surface area contributed by atoms with Gasteiger partial charge in [0.2, 0.25) is 0 Å². The Morgan fingerprint density at radius 3 is 2.41 bits per heavy atom. The van der Waals surface area contributed by atoms with Crippen LogP contribution in [0.25, 0.3) is 11.1 Å². The number of aromatic nitrogens is 1. The fourth-order valence-electron chi connectivity index (χ4n) is 5.71. The summed E-state index contributed by atoms with van der Waals surface area (Å²) >= 11 is 6.30. The summed E-state index contributed by atoms with van der Waals surface area (Å²) < 4.78 is 5.54. The van der Waals surface area contributed by atoms with E-state index in [1.807, 2.05) is 44.3 Å². The van der Waals surface area contributed by atoms with Gasteiger partial charge < -0.3 is 30.4 Å². The Morgan fingerprint density at radius 1 is 1.10 bits per heavy atom. The molecule has 8 nitrogen and oxygen atoms in total. The van der Waals surface area contributed by atoms with Crippen molar-refractivity contribution in [1.29, 1.82) is 0 Å². The molecule has 0 aliphatic heterocycles. The molecule has 0 atom stereocenters. The molecule has 1 heterocycles. The SMILES string of the molecule is CCN(c1cc(-c2ccc(OCCO)cc2)cc(C(=O)NCc2c(Cl)[nH]c(C)cc2=O)c1C)C1CCC(NC)CC1. The van der Waals surface area contributed by atoms with Crippen molar-refractivity contribution in [1.82, 2.24) is 15.6 Å². The molecule has 0 unspecified atom stereocenters. The van der Waals surface area contributed by atoms with E-state index in [1.165, 1.54) is 6.07 Å². The lowest BCUT2D eigenvalue weighted by molar-refractivity contribution is 0.0950. The maximum absolute atomic E-state index is 13.7. The van der Waals surface area contributed by atoms with Crippen LogP contribution in [0.15, 0.2) is 47.3 Å². The molecule has 3 aromatic rings. The number of pyridine rings is 1. The quantitative estimate of drug-likeness (QED) is 0.239. The number of amides is 1. The minimum Gasteiger partial charge on any atom is -0.491 e. The van der Waals surface area contributed by atoms with E-state index in [2.05, 4.69) is 33.5 Å². The van der Waals surface area contributed by atoms with Gasteiger partial charge in [-0.15, -0.1) is 0 Å². The van der Waals surface area contributed by atoms with Gasteiger partial charge in [-0.3, -0.25) is 9.59 Å². The topological polar surface area (TPSA) is 107 Å². The average Bonchev–Trinajstić information content (AvgIpc) is 2.97. The maximum Gasteiger partial charge on any atom is 0.251 e. The van der Waals surface area contributed by atoms with Gasteiger partial charge in [-0.05, 0) is 94.5 Å². The van der Waals surface area contributed by atoms with Crippen LogP contribution in [0.2, 0.25) is 5.15 Å². The Labute approximate surface area is 247 Å². The number of nitrogens with zero attached hydrogens (tertiary/aromatic N) is 1. The number of aliphatic hydroxyl groups is 1. The lowest BCUT2D eigenvalue weighted by Crippen LogP contribution is -2.42. The standard InChI is InChI=1S/C32H41ClN4O4/c1-5-37(25-10-8-24(34-4)9-11-25)29-18-23(22-6-12-26(13-7-22)41-15-14-38)17-27(21(29)3)32(40)35-19-28-30(39)16-20(2)36-31(28)33/h6-7,12-13,16-18,24-25,34,38H,5,8-11,14-15,19H2,1-4H3,(H,35,40)(H,36,39). The van der Waals surface area contributed by atoms with E-state index in [4.69, 9.17) is 21.4 Å². The summed E-state index contributed by atoms with van der Waals surface area (Å²) in [6, 6.07) is 14.1. The van der Waals surface area contributed by atoms with Gasteiger partial charge >= 0.3 is 0 Å². The molecular weight excluding hydrogens is 540 g/mol. The third-order valence-electron chi connectivity index (χ3n) is 8.01. The van der Waals surface area contributed by atoms with Crippen molar-refractivity contribution in [2.45, 2.75) is 65.1 Å². The van der Waals surface area contributed by atoms with Crippen molar-refractivity contribution in [2.24, 2.45) is 0 Å². The van der Waals surface area contributed by atoms with Crippen molar-refractivity contribution < 1.29 is 14.6 Å². The number of rotatable bonds is 11. The molecule has 1 aliphatic carbocycles. The largest absolute Gasteiger partial charge is 0.491 e. The molecule has 0 bridgehead atoms. The Kier molecular flexibility index (Phi) is 10.5. The molecule has 41 heavy (non-hydrogen) atoms. The first kappa shape index (κ1) is 30.6.